The van der Waals surface area contributed by atoms with Crippen molar-refractivity contribution in [2.45, 2.75) is 5.92 Å². The number of aromatic amines is 1. The zero-order chi connectivity index (χ0) is 23.0. The van der Waals surface area contributed by atoms with Gasteiger partial charge in [-0.25, -0.2) is 0 Å². The normalized spacial score (nSPS) is 17.2. The van der Waals surface area contributed by atoms with E-state index in [1.807, 2.05) is 0 Å². The predicted molar refractivity (Wildman–Crippen MR) is 119 cm³/mol. The Bertz CT molecular complexity index is 1250. The number of hydrogen-bond donors (Lipinski definition) is 2. The molecule has 0 saturated carbocycles. The van der Waals surface area contributed by atoms with Crippen LogP contribution in [0.5, 0.6) is 23.1 Å². The maximum absolute atomic E-state index is 9.95. The van der Waals surface area contributed by atoms with Gasteiger partial charge in [0.1, 0.15) is 5.92 Å². The van der Waals surface area contributed by atoms with Crippen molar-refractivity contribution in [1.29, 1.82) is 10.7 Å². The number of nitrogens with one attached hydrogen (secondary N) is 2. The largest absolute Gasteiger partial charge is 0.493 e. The number of ether oxygens (including phenoxy) is 4. The molecule has 2 aromatic carbocycles. The smallest absolute Gasteiger partial charge is 0.244 e. The minimum atomic E-state index is -0.936. The molecule has 1 aromatic heterocycles. The first kappa shape index (κ1) is 21.8. The third-order valence-corrected chi connectivity index (χ3v) is 6.06. The van der Waals surface area contributed by atoms with Gasteiger partial charge in [0.05, 0.1) is 48.7 Å². The number of aromatic nitrogens is 2. The van der Waals surface area contributed by atoms with Crippen LogP contribution in [0.3, 0.4) is 0 Å². The molecule has 2 N–H and O–H groups in total. The summed E-state index contributed by atoms with van der Waals surface area (Å²) in [7, 11) is 4.53. The van der Waals surface area contributed by atoms with E-state index in [0.717, 1.165) is 0 Å². The van der Waals surface area contributed by atoms with Crippen molar-refractivity contribution in [3.05, 3.63) is 51.5 Å². The lowest BCUT2D eigenvalue weighted by Gasteiger charge is -2.29. The Morgan fingerprint density at radius 1 is 1.06 bits per heavy atom. The highest BCUT2D eigenvalue weighted by molar-refractivity contribution is 6.42. The summed E-state index contributed by atoms with van der Waals surface area (Å²) in [5.41, 5.74) is 2.50. The van der Waals surface area contributed by atoms with Crippen LogP contribution in [0.4, 0.5) is 0 Å². The van der Waals surface area contributed by atoms with Crippen LogP contribution in [-0.4, -0.2) is 37.4 Å². The number of halogens is 2. The van der Waals surface area contributed by atoms with Crippen molar-refractivity contribution in [3.8, 4) is 40.5 Å². The van der Waals surface area contributed by atoms with Crippen molar-refractivity contribution < 1.29 is 18.9 Å². The fraction of sp³-hybridized carbons (Fsp3) is 0.227. The molecule has 10 heteroatoms. The molecule has 8 nitrogen and oxygen atoms in total. The summed E-state index contributed by atoms with van der Waals surface area (Å²) in [4.78, 5) is 0. The average Bonchev–Trinajstić information content (AvgIpc) is 3.22. The number of benzene rings is 2. The van der Waals surface area contributed by atoms with Crippen LogP contribution < -0.4 is 18.9 Å². The number of fused-ring (bicyclic) bond motifs is 1. The third-order valence-electron chi connectivity index (χ3n) is 5.32. The van der Waals surface area contributed by atoms with Crippen LogP contribution in [0.15, 0.2) is 30.3 Å². The van der Waals surface area contributed by atoms with Crippen molar-refractivity contribution in [3.63, 3.8) is 0 Å². The van der Waals surface area contributed by atoms with E-state index in [1.165, 1.54) is 21.3 Å². The van der Waals surface area contributed by atoms with E-state index in [4.69, 9.17) is 47.6 Å². The Morgan fingerprint density at radius 2 is 1.81 bits per heavy atom. The molecule has 4 rings (SSSR count). The SMILES string of the molecule is COc1ccc(C2c3c(n[nH]c3-c3ccc(Cl)c(Cl)c3)OC(=N)C2C#N)c(OC)c1OC. The summed E-state index contributed by atoms with van der Waals surface area (Å²) in [6.45, 7) is 0. The molecular formula is C22H18Cl2N4O4. The molecule has 3 aromatic rings. The Balaban J connectivity index is 2.00. The summed E-state index contributed by atoms with van der Waals surface area (Å²) in [6.07, 6.45) is 0. The summed E-state index contributed by atoms with van der Waals surface area (Å²) < 4.78 is 22.2. The van der Waals surface area contributed by atoms with Gasteiger partial charge in [0, 0.05) is 17.0 Å². The minimum Gasteiger partial charge on any atom is -0.493 e. The van der Waals surface area contributed by atoms with E-state index in [2.05, 4.69) is 16.3 Å². The zero-order valence-corrected chi connectivity index (χ0v) is 18.8. The van der Waals surface area contributed by atoms with Crippen molar-refractivity contribution in [1.82, 2.24) is 10.2 Å². The van der Waals surface area contributed by atoms with Gasteiger partial charge in [-0.05, 0) is 18.2 Å². The molecule has 0 aliphatic carbocycles. The van der Waals surface area contributed by atoms with Crippen LogP contribution in [0.2, 0.25) is 10.0 Å². The lowest BCUT2D eigenvalue weighted by Crippen LogP contribution is -2.31. The van der Waals surface area contributed by atoms with Crippen LogP contribution >= 0.6 is 23.2 Å². The topological polar surface area (TPSA) is 113 Å². The second kappa shape index (κ2) is 8.61. The van der Waals surface area contributed by atoms with Crippen molar-refractivity contribution in [2.75, 3.05) is 21.3 Å². The molecule has 32 heavy (non-hydrogen) atoms. The predicted octanol–water partition coefficient (Wildman–Crippen LogP) is 5.05. The number of nitriles is 1. The van der Waals surface area contributed by atoms with E-state index < -0.39 is 11.8 Å². The molecule has 0 saturated heterocycles. The van der Waals surface area contributed by atoms with Gasteiger partial charge in [-0.1, -0.05) is 35.3 Å². The molecule has 0 spiro atoms. The number of rotatable bonds is 5. The summed E-state index contributed by atoms with van der Waals surface area (Å²) >= 11 is 12.3. The van der Waals surface area contributed by atoms with E-state index >= 15 is 0 Å². The Hall–Kier alpha value is -3.41. The van der Waals surface area contributed by atoms with Gasteiger partial charge >= 0.3 is 0 Å². The number of methoxy groups -OCH3 is 3. The van der Waals surface area contributed by atoms with Crippen molar-refractivity contribution >= 4 is 29.1 Å². The average molecular weight is 473 g/mol. The fourth-order valence-corrected chi connectivity index (χ4v) is 4.19. The quantitative estimate of drug-likeness (QED) is 0.536. The molecule has 2 heterocycles. The molecule has 2 unspecified atom stereocenters. The second-order valence-corrected chi connectivity index (χ2v) is 7.74. The molecule has 1 aliphatic rings. The molecule has 0 amide bonds. The van der Waals surface area contributed by atoms with Gasteiger partial charge in [0.2, 0.25) is 17.5 Å². The number of H-pyrrole nitrogens is 1. The molecule has 1 aliphatic heterocycles. The molecule has 0 radical (unpaired) electrons. The maximum Gasteiger partial charge on any atom is 0.244 e. The van der Waals surface area contributed by atoms with Gasteiger partial charge in [0.15, 0.2) is 11.5 Å². The maximum atomic E-state index is 9.95. The minimum absolute atomic E-state index is 0.199. The van der Waals surface area contributed by atoms with E-state index in [-0.39, 0.29) is 11.8 Å². The van der Waals surface area contributed by atoms with Crippen LogP contribution in [0.25, 0.3) is 11.3 Å². The highest BCUT2D eigenvalue weighted by Crippen LogP contribution is 2.51. The molecule has 0 bridgehead atoms. The monoisotopic (exact) mass is 472 g/mol. The van der Waals surface area contributed by atoms with Gasteiger partial charge < -0.3 is 18.9 Å². The first-order chi connectivity index (χ1) is 15.4. The summed E-state index contributed by atoms with van der Waals surface area (Å²) in [6, 6.07) is 10.8. The van der Waals surface area contributed by atoms with E-state index in [9.17, 15) is 5.26 Å². The van der Waals surface area contributed by atoms with E-state index in [0.29, 0.717) is 49.7 Å². The zero-order valence-electron chi connectivity index (χ0n) is 17.3. The molecule has 164 valence electrons. The third kappa shape index (κ3) is 3.40. The first-order valence-electron chi connectivity index (χ1n) is 9.43. The van der Waals surface area contributed by atoms with Crippen LogP contribution in [-0.2, 0) is 0 Å². The van der Waals surface area contributed by atoms with Gasteiger partial charge in [0.25, 0.3) is 0 Å². The lowest BCUT2D eigenvalue weighted by atomic mass is 9.78. The first-order valence-corrected chi connectivity index (χ1v) is 10.2. The fourth-order valence-electron chi connectivity index (χ4n) is 3.90. The van der Waals surface area contributed by atoms with Crippen molar-refractivity contribution in [2.24, 2.45) is 5.92 Å². The molecule has 2 atom stereocenters. The molecule has 0 fully saturated rings. The van der Waals surface area contributed by atoms with E-state index in [1.54, 1.807) is 30.3 Å². The lowest BCUT2D eigenvalue weighted by molar-refractivity contribution is 0.320. The summed E-state index contributed by atoms with van der Waals surface area (Å²) in [5.74, 6) is -0.357. The Morgan fingerprint density at radius 3 is 2.44 bits per heavy atom. The number of nitrogens with zero attached hydrogens (tertiary/aromatic N) is 2. The highest BCUT2D eigenvalue weighted by Gasteiger charge is 2.43. The molecular weight excluding hydrogens is 455 g/mol. The van der Waals surface area contributed by atoms with Gasteiger partial charge in [-0.3, -0.25) is 10.5 Å². The Labute approximate surface area is 194 Å². The highest BCUT2D eigenvalue weighted by atomic mass is 35.5. The number of hydrogen-bond acceptors (Lipinski definition) is 7. The second-order valence-electron chi connectivity index (χ2n) is 6.92. The van der Waals surface area contributed by atoms with Gasteiger partial charge in [-0.2, -0.15) is 5.26 Å². The van der Waals surface area contributed by atoms with Crippen LogP contribution in [0.1, 0.15) is 17.0 Å². The van der Waals surface area contributed by atoms with Crippen LogP contribution in [0, 0.1) is 22.7 Å². The van der Waals surface area contributed by atoms with Gasteiger partial charge in [-0.15, -0.1) is 5.10 Å². The Kier molecular flexibility index (Phi) is 5.87. The summed E-state index contributed by atoms with van der Waals surface area (Å²) in [5, 5.41) is 26.2. The standard InChI is InChI=1S/C22H18Cl2N4O4/c1-29-15-7-5-11(19(30-2)20(15)31-3)16-12(9-25)21(26)32-22-17(16)18(27-28-22)10-4-6-13(23)14(24)8-10/h4-8,12,16,26H,1-3H3,(H,27,28).